The molecule has 0 radical (unpaired) electrons. The molecule has 0 aliphatic rings. The lowest BCUT2D eigenvalue weighted by molar-refractivity contribution is 0.171. The van der Waals surface area contributed by atoms with Gasteiger partial charge in [-0.25, -0.2) is 4.39 Å². The van der Waals surface area contributed by atoms with Crippen molar-refractivity contribution >= 4 is 11.4 Å². The first-order chi connectivity index (χ1) is 9.16. The third-order valence-corrected chi connectivity index (χ3v) is 2.90. The van der Waals surface area contributed by atoms with E-state index in [0.717, 1.165) is 5.56 Å². The van der Waals surface area contributed by atoms with E-state index in [4.69, 9.17) is 5.73 Å². The molecule has 0 bridgehead atoms. The van der Waals surface area contributed by atoms with E-state index in [1.807, 2.05) is 6.07 Å². The number of anilines is 2. The Morgan fingerprint density at radius 2 is 1.95 bits per heavy atom. The molecule has 4 heteroatoms. The second-order valence-corrected chi connectivity index (χ2v) is 4.38. The van der Waals surface area contributed by atoms with Crippen molar-refractivity contribution in [2.75, 3.05) is 17.6 Å². The number of para-hydroxylation sites is 1. The van der Waals surface area contributed by atoms with Crippen LogP contribution in [0.1, 0.15) is 18.1 Å². The highest BCUT2D eigenvalue weighted by Crippen LogP contribution is 2.19. The molecule has 1 unspecified atom stereocenters. The molecule has 0 aliphatic carbocycles. The van der Waals surface area contributed by atoms with Crippen LogP contribution < -0.4 is 11.1 Å². The molecule has 19 heavy (non-hydrogen) atoms. The summed E-state index contributed by atoms with van der Waals surface area (Å²) in [6.07, 6.45) is -0.125. The molecule has 2 aromatic rings. The summed E-state index contributed by atoms with van der Waals surface area (Å²) in [7, 11) is 0. The molecular weight excluding hydrogens is 243 g/mol. The van der Waals surface area contributed by atoms with E-state index in [-0.39, 0.29) is 5.82 Å². The van der Waals surface area contributed by atoms with Gasteiger partial charge in [0, 0.05) is 12.2 Å². The first kappa shape index (κ1) is 13.4. The quantitative estimate of drug-likeness (QED) is 0.724. The van der Waals surface area contributed by atoms with Gasteiger partial charge in [-0.1, -0.05) is 24.3 Å². The van der Waals surface area contributed by atoms with Crippen LogP contribution in [-0.4, -0.2) is 11.7 Å². The van der Waals surface area contributed by atoms with Crippen LogP contribution in [0.2, 0.25) is 0 Å². The highest BCUT2D eigenvalue weighted by molar-refractivity contribution is 5.44. The van der Waals surface area contributed by atoms with Crippen LogP contribution in [0.3, 0.4) is 0 Å². The number of aliphatic hydroxyl groups is 1. The number of nitrogen functional groups attached to an aromatic ring is 1. The van der Waals surface area contributed by atoms with E-state index in [0.29, 0.717) is 24.3 Å². The van der Waals surface area contributed by atoms with Crippen LogP contribution in [-0.2, 0) is 0 Å². The van der Waals surface area contributed by atoms with Crippen LogP contribution >= 0.6 is 0 Å². The van der Waals surface area contributed by atoms with E-state index in [9.17, 15) is 9.50 Å². The van der Waals surface area contributed by atoms with Gasteiger partial charge in [-0.15, -0.1) is 0 Å². The maximum atomic E-state index is 13.3. The van der Waals surface area contributed by atoms with Gasteiger partial charge in [0.2, 0.25) is 0 Å². The normalized spacial score (nSPS) is 12.1. The van der Waals surface area contributed by atoms with Gasteiger partial charge in [-0.2, -0.15) is 0 Å². The molecule has 0 spiro atoms. The Hall–Kier alpha value is -2.07. The zero-order chi connectivity index (χ0) is 13.7. The van der Waals surface area contributed by atoms with Crippen molar-refractivity contribution in [1.29, 1.82) is 0 Å². The number of hydrogen-bond acceptors (Lipinski definition) is 3. The number of halogens is 1. The molecule has 0 fully saturated rings. The minimum absolute atomic E-state index is 0.291. The lowest BCUT2D eigenvalue weighted by atomic mass is 10.1. The van der Waals surface area contributed by atoms with Crippen LogP contribution in [0.15, 0.2) is 48.5 Å². The molecule has 0 heterocycles. The Morgan fingerprint density at radius 1 is 1.16 bits per heavy atom. The third-order valence-electron chi connectivity index (χ3n) is 2.90. The van der Waals surface area contributed by atoms with E-state index in [2.05, 4.69) is 5.32 Å². The van der Waals surface area contributed by atoms with Crippen LogP contribution in [0.5, 0.6) is 0 Å². The van der Waals surface area contributed by atoms with E-state index in [1.165, 1.54) is 6.07 Å². The lowest BCUT2D eigenvalue weighted by Gasteiger charge is -2.13. The number of hydrogen-bond donors (Lipinski definition) is 3. The fraction of sp³-hybridized carbons (Fsp3) is 0.200. The minimum Gasteiger partial charge on any atom is -0.399 e. The summed E-state index contributed by atoms with van der Waals surface area (Å²) < 4.78 is 13.3. The third kappa shape index (κ3) is 3.69. The summed E-state index contributed by atoms with van der Waals surface area (Å²) in [6, 6.07) is 13.6. The van der Waals surface area contributed by atoms with Crippen molar-refractivity contribution in [3.8, 4) is 0 Å². The molecule has 0 aliphatic heterocycles. The molecule has 0 saturated heterocycles. The average molecular weight is 260 g/mol. The van der Waals surface area contributed by atoms with E-state index < -0.39 is 6.10 Å². The Morgan fingerprint density at radius 3 is 2.68 bits per heavy atom. The van der Waals surface area contributed by atoms with Crippen molar-refractivity contribution in [2.45, 2.75) is 12.5 Å². The molecule has 0 aromatic heterocycles. The predicted octanol–water partition coefficient (Wildman–Crippen LogP) is 2.94. The van der Waals surface area contributed by atoms with Crippen molar-refractivity contribution in [3.63, 3.8) is 0 Å². The topological polar surface area (TPSA) is 58.3 Å². The fourth-order valence-corrected chi connectivity index (χ4v) is 1.88. The zero-order valence-corrected chi connectivity index (χ0v) is 10.5. The van der Waals surface area contributed by atoms with Crippen LogP contribution in [0.4, 0.5) is 15.8 Å². The molecule has 3 nitrogen and oxygen atoms in total. The first-order valence-corrected chi connectivity index (χ1v) is 6.19. The smallest absolute Gasteiger partial charge is 0.146 e. The maximum absolute atomic E-state index is 13.3. The highest BCUT2D eigenvalue weighted by atomic mass is 19.1. The van der Waals surface area contributed by atoms with Gasteiger partial charge in [-0.05, 0) is 36.2 Å². The molecular formula is C15H17FN2O. The van der Waals surface area contributed by atoms with Gasteiger partial charge in [0.05, 0.1) is 11.8 Å². The number of aliphatic hydroxyl groups excluding tert-OH is 1. The van der Waals surface area contributed by atoms with Gasteiger partial charge in [0.1, 0.15) is 5.82 Å². The second-order valence-electron chi connectivity index (χ2n) is 4.38. The summed E-state index contributed by atoms with van der Waals surface area (Å²) in [5, 5.41) is 13.0. The fourth-order valence-electron chi connectivity index (χ4n) is 1.88. The van der Waals surface area contributed by atoms with Crippen molar-refractivity contribution in [3.05, 3.63) is 59.9 Å². The Bertz CT molecular complexity index is 545. The summed E-state index contributed by atoms with van der Waals surface area (Å²) in [5.41, 5.74) is 7.50. The van der Waals surface area contributed by atoms with Gasteiger partial charge in [0.25, 0.3) is 0 Å². The van der Waals surface area contributed by atoms with Crippen molar-refractivity contribution in [2.24, 2.45) is 0 Å². The van der Waals surface area contributed by atoms with Gasteiger partial charge in [0.15, 0.2) is 0 Å². The van der Waals surface area contributed by atoms with Gasteiger partial charge < -0.3 is 16.2 Å². The average Bonchev–Trinajstić information content (AvgIpc) is 2.41. The number of benzene rings is 2. The number of rotatable bonds is 5. The molecule has 0 amide bonds. The Balaban J connectivity index is 1.88. The standard InChI is InChI=1S/C15H17FN2O/c16-13-6-1-2-7-14(13)18-9-8-15(19)11-4-3-5-12(17)10-11/h1-7,10,15,18-19H,8-9,17H2. The van der Waals surface area contributed by atoms with E-state index >= 15 is 0 Å². The van der Waals surface area contributed by atoms with Crippen molar-refractivity contribution < 1.29 is 9.50 Å². The molecule has 1 atom stereocenters. The monoisotopic (exact) mass is 260 g/mol. The van der Waals surface area contributed by atoms with Crippen molar-refractivity contribution in [1.82, 2.24) is 0 Å². The summed E-state index contributed by atoms with van der Waals surface area (Å²) >= 11 is 0. The van der Waals surface area contributed by atoms with E-state index in [1.54, 1.807) is 36.4 Å². The Kier molecular flexibility index (Phi) is 4.36. The van der Waals surface area contributed by atoms with Gasteiger partial charge in [-0.3, -0.25) is 0 Å². The van der Waals surface area contributed by atoms with Gasteiger partial charge >= 0.3 is 0 Å². The molecule has 100 valence electrons. The lowest BCUT2D eigenvalue weighted by Crippen LogP contribution is -2.08. The van der Waals surface area contributed by atoms with Crippen LogP contribution in [0.25, 0.3) is 0 Å². The highest BCUT2D eigenvalue weighted by Gasteiger charge is 2.08. The maximum Gasteiger partial charge on any atom is 0.146 e. The summed E-state index contributed by atoms with van der Waals surface area (Å²) in [5.74, 6) is -0.291. The molecule has 2 aromatic carbocycles. The largest absolute Gasteiger partial charge is 0.399 e. The summed E-state index contributed by atoms with van der Waals surface area (Å²) in [6.45, 7) is 0.483. The first-order valence-electron chi connectivity index (χ1n) is 6.19. The molecule has 2 rings (SSSR count). The Labute approximate surface area is 111 Å². The molecule has 0 saturated carbocycles. The summed E-state index contributed by atoms with van der Waals surface area (Å²) in [4.78, 5) is 0. The second kappa shape index (κ2) is 6.20. The zero-order valence-electron chi connectivity index (χ0n) is 10.5. The number of nitrogens with one attached hydrogen (secondary N) is 1. The minimum atomic E-state index is -0.609. The number of nitrogens with two attached hydrogens (primary N) is 1. The predicted molar refractivity (Wildman–Crippen MR) is 75.3 cm³/mol. The SMILES string of the molecule is Nc1cccc(C(O)CCNc2ccccc2F)c1. The molecule has 4 N–H and O–H groups in total. The van der Waals surface area contributed by atoms with Crippen LogP contribution in [0, 0.1) is 5.82 Å².